The predicted octanol–water partition coefficient (Wildman–Crippen LogP) is 5.61. The fourth-order valence-electron chi connectivity index (χ4n) is 3.86. The van der Waals surface area contributed by atoms with E-state index < -0.39 is 5.91 Å². The predicted molar refractivity (Wildman–Crippen MR) is 117 cm³/mol. The van der Waals surface area contributed by atoms with Crippen molar-refractivity contribution in [3.63, 3.8) is 0 Å². The average Bonchev–Trinajstić information content (AvgIpc) is 3.18. The standard InChI is InChI=1S/C23H25N5O2/c1-5-27-15(4)24-18-12-16(10-11-20(18)27)22(29)26-25-21-17-8-6-7-9-19(17)28(23(21)30)13-14(2)3/h6-12,14,30H,5,13H2,1-4H3. The van der Waals surface area contributed by atoms with Crippen molar-refractivity contribution in [3.05, 3.63) is 53.9 Å². The minimum atomic E-state index is -0.472. The number of hydrogen-bond donors (Lipinski definition) is 1. The van der Waals surface area contributed by atoms with Crippen molar-refractivity contribution in [2.45, 2.75) is 40.8 Å². The van der Waals surface area contributed by atoms with E-state index >= 15 is 0 Å². The first-order valence-corrected chi connectivity index (χ1v) is 10.1. The van der Waals surface area contributed by atoms with E-state index in [-0.39, 0.29) is 5.88 Å². The van der Waals surface area contributed by atoms with Crippen molar-refractivity contribution >= 4 is 33.5 Å². The molecule has 2 aromatic carbocycles. The first-order valence-electron chi connectivity index (χ1n) is 10.1. The number of aromatic hydroxyl groups is 1. The van der Waals surface area contributed by atoms with Gasteiger partial charge in [0.05, 0.1) is 16.6 Å². The van der Waals surface area contributed by atoms with Crippen molar-refractivity contribution in [1.82, 2.24) is 14.1 Å². The second-order valence-electron chi connectivity index (χ2n) is 7.81. The maximum atomic E-state index is 12.7. The van der Waals surface area contributed by atoms with Crippen LogP contribution in [-0.4, -0.2) is 25.1 Å². The fourth-order valence-corrected chi connectivity index (χ4v) is 3.86. The molecule has 0 bridgehead atoms. The monoisotopic (exact) mass is 403 g/mol. The first kappa shape index (κ1) is 19.8. The summed E-state index contributed by atoms with van der Waals surface area (Å²) in [5.74, 6) is 0.799. The number of benzene rings is 2. The largest absolute Gasteiger partial charge is 0.493 e. The molecule has 2 heterocycles. The van der Waals surface area contributed by atoms with Gasteiger partial charge in [0, 0.05) is 24.0 Å². The molecule has 7 heteroatoms. The summed E-state index contributed by atoms with van der Waals surface area (Å²) in [4.78, 5) is 17.2. The van der Waals surface area contributed by atoms with Gasteiger partial charge in [-0.05, 0) is 44.0 Å². The number of azo groups is 1. The number of rotatable bonds is 5. The summed E-state index contributed by atoms with van der Waals surface area (Å²) in [7, 11) is 0. The van der Waals surface area contributed by atoms with Crippen molar-refractivity contribution in [2.24, 2.45) is 16.1 Å². The lowest BCUT2D eigenvalue weighted by Gasteiger charge is -2.09. The summed E-state index contributed by atoms with van der Waals surface area (Å²) in [6.45, 7) is 9.62. The topological polar surface area (TPSA) is 84.8 Å². The Hall–Kier alpha value is -3.48. The Morgan fingerprint density at radius 3 is 2.63 bits per heavy atom. The molecule has 4 rings (SSSR count). The molecule has 0 saturated carbocycles. The van der Waals surface area contributed by atoms with E-state index in [2.05, 4.69) is 40.6 Å². The molecule has 1 N–H and O–H groups in total. The smallest absolute Gasteiger partial charge is 0.295 e. The molecule has 0 aliphatic carbocycles. The van der Waals surface area contributed by atoms with Crippen molar-refractivity contribution in [1.29, 1.82) is 0 Å². The van der Waals surface area contributed by atoms with Crippen LogP contribution in [-0.2, 0) is 13.1 Å². The lowest BCUT2D eigenvalue weighted by atomic mass is 10.2. The number of aryl methyl sites for hydroxylation is 2. The summed E-state index contributed by atoms with van der Waals surface area (Å²) in [6.07, 6.45) is 0. The molecule has 154 valence electrons. The molecule has 0 unspecified atom stereocenters. The van der Waals surface area contributed by atoms with E-state index in [0.29, 0.717) is 23.7 Å². The van der Waals surface area contributed by atoms with E-state index in [1.807, 2.05) is 41.8 Å². The van der Waals surface area contributed by atoms with Gasteiger partial charge in [0.2, 0.25) is 5.88 Å². The molecule has 0 aliphatic heterocycles. The highest BCUT2D eigenvalue weighted by Gasteiger charge is 2.18. The van der Waals surface area contributed by atoms with Gasteiger partial charge in [-0.2, -0.15) is 0 Å². The van der Waals surface area contributed by atoms with Gasteiger partial charge in [-0.1, -0.05) is 32.0 Å². The minimum absolute atomic E-state index is 0.0224. The van der Waals surface area contributed by atoms with Gasteiger partial charge in [0.25, 0.3) is 5.91 Å². The van der Waals surface area contributed by atoms with Gasteiger partial charge in [0.1, 0.15) is 5.82 Å². The van der Waals surface area contributed by atoms with Crippen LogP contribution >= 0.6 is 0 Å². The molecular weight excluding hydrogens is 378 g/mol. The normalized spacial score (nSPS) is 12.0. The Kier molecular flexibility index (Phi) is 5.11. The van der Waals surface area contributed by atoms with Crippen LogP contribution in [0.5, 0.6) is 5.88 Å². The van der Waals surface area contributed by atoms with Crippen LogP contribution in [0.25, 0.3) is 21.9 Å². The van der Waals surface area contributed by atoms with Crippen molar-refractivity contribution < 1.29 is 9.90 Å². The van der Waals surface area contributed by atoms with Gasteiger partial charge in [-0.25, -0.2) is 4.98 Å². The van der Waals surface area contributed by atoms with E-state index in [1.165, 1.54) is 0 Å². The maximum Gasteiger partial charge on any atom is 0.295 e. The van der Waals surface area contributed by atoms with Crippen LogP contribution in [0.3, 0.4) is 0 Å². The quantitative estimate of drug-likeness (QED) is 0.440. The Labute approximate surface area is 174 Å². The second kappa shape index (κ2) is 7.74. The molecule has 7 nitrogen and oxygen atoms in total. The van der Waals surface area contributed by atoms with Crippen molar-refractivity contribution in [2.75, 3.05) is 0 Å². The number of aromatic nitrogens is 3. The molecule has 2 aromatic heterocycles. The van der Waals surface area contributed by atoms with Gasteiger partial charge in [0.15, 0.2) is 5.69 Å². The third-order valence-electron chi connectivity index (χ3n) is 5.21. The van der Waals surface area contributed by atoms with Crippen LogP contribution in [0.4, 0.5) is 5.69 Å². The van der Waals surface area contributed by atoms with Gasteiger partial charge < -0.3 is 14.2 Å². The van der Waals surface area contributed by atoms with Crippen LogP contribution in [0.1, 0.15) is 37.0 Å². The lowest BCUT2D eigenvalue weighted by Crippen LogP contribution is -2.03. The molecule has 0 fully saturated rings. The number of amides is 1. The molecule has 0 spiro atoms. The number of imidazole rings is 1. The Bertz CT molecular complexity index is 1280. The number of hydrogen-bond acceptors (Lipinski definition) is 4. The SMILES string of the molecule is CCn1c(C)nc2cc(C(=O)N=Nc3c(O)n(CC(C)C)c4ccccc34)ccc21. The zero-order valence-corrected chi connectivity index (χ0v) is 17.6. The highest BCUT2D eigenvalue weighted by molar-refractivity contribution is 5.99. The molecule has 0 atom stereocenters. The molecular formula is C23H25N5O2. The van der Waals surface area contributed by atoms with Crippen molar-refractivity contribution in [3.8, 4) is 5.88 Å². The zero-order valence-electron chi connectivity index (χ0n) is 17.6. The Morgan fingerprint density at radius 1 is 1.13 bits per heavy atom. The fraction of sp³-hybridized carbons (Fsp3) is 0.304. The highest BCUT2D eigenvalue weighted by Crippen LogP contribution is 2.39. The number of para-hydroxylation sites is 1. The molecule has 4 aromatic rings. The number of carbonyl (C=O) groups excluding carboxylic acids is 1. The van der Waals surface area contributed by atoms with E-state index in [4.69, 9.17) is 0 Å². The summed E-state index contributed by atoms with van der Waals surface area (Å²) in [5.41, 5.74) is 3.33. The first-order chi connectivity index (χ1) is 14.4. The molecule has 0 radical (unpaired) electrons. The molecule has 0 aliphatic rings. The van der Waals surface area contributed by atoms with Crippen LogP contribution in [0.15, 0.2) is 52.7 Å². The molecule has 0 saturated heterocycles. The van der Waals surface area contributed by atoms with E-state index in [1.54, 1.807) is 12.1 Å². The third kappa shape index (κ3) is 3.36. The van der Waals surface area contributed by atoms with Gasteiger partial charge >= 0.3 is 0 Å². The number of nitrogens with zero attached hydrogens (tertiary/aromatic N) is 5. The second-order valence-corrected chi connectivity index (χ2v) is 7.81. The highest BCUT2D eigenvalue weighted by atomic mass is 16.3. The Morgan fingerprint density at radius 2 is 1.90 bits per heavy atom. The van der Waals surface area contributed by atoms with Crippen LogP contribution < -0.4 is 0 Å². The zero-order chi connectivity index (χ0) is 21.4. The molecule has 30 heavy (non-hydrogen) atoms. The van der Waals surface area contributed by atoms with Gasteiger partial charge in [-0.3, -0.25) is 4.79 Å². The summed E-state index contributed by atoms with van der Waals surface area (Å²) < 4.78 is 3.90. The number of fused-ring (bicyclic) bond motifs is 2. The minimum Gasteiger partial charge on any atom is -0.493 e. The van der Waals surface area contributed by atoms with Crippen LogP contribution in [0.2, 0.25) is 0 Å². The Balaban J connectivity index is 1.70. The average molecular weight is 403 g/mol. The van der Waals surface area contributed by atoms with E-state index in [0.717, 1.165) is 34.3 Å². The maximum absolute atomic E-state index is 12.7. The molecule has 1 amide bonds. The summed E-state index contributed by atoms with van der Waals surface area (Å²) in [5, 5.41) is 19.5. The lowest BCUT2D eigenvalue weighted by molar-refractivity contribution is 0.0995. The van der Waals surface area contributed by atoms with Crippen LogP contribution in [0, 0.1) is 12.8 Å². The summed E-state index contributed by atoms with van der Waals surface area (Å²) in [6, 6.07) is 12.9. The summed E-state index contributed by atoms with van der Waals surface area (Å²) >= 11 is 0. The van der Waals surface area contributed by atoms with Gasteiger partial charge in [-0.15, -0.1) is 10.2 Å². The van der Waals surface area contributed by atoms with E-state index in [9.17, 15) is 9.90 Å². The third-order valence-corrected chi connectivity index (χ3v) is 5.21. The number of carbonyl (C=O) groups is 1.